The molecule has 0 spiro atoms. The van der Waals surface area contributed by atoms with Gasteiger partial charge in [-0.3, -0.25) is 0 Å². The van der Waals surface area contributed by atoms with Crippen LogP contribution in [0.15, 0.2) is 0 Å². The van der Waals surface area contributed by atoms with Crippen LogP contribution in [-0.2, 0) is 0 Å². The number of rotatable bonds is 1. The molecular weight excluding hydrogens is 197 g/mol. The quantitative estimate of drug-likeness (QED) is 0.702. The first-order valence-electron chi connectivity index (χ1n) is 4.33. The monoisotopic (exact) mass is 210 g/mol. The predicted molar refractivity (Wildman–Crippen MR) is 44.8 cm³/mol. The van der Waals surface area contributed by atoms with Crippen molar-refractivity contribution in [2.75, 3.05) is 6.54 Å². The van der Waals surface area contributed by atoms with Gasteiger partial charge in [-0.1, -0.05) is 0 Å². The second-order valence-electron chi connectivity index (χ2n) is 3.98. The Morgan fingerprint density at radius 2 is 2.00 bits per heavy atom. The van der Waals surface area contributed by atoms with Crippen LogP contribution in [0.2, 0.25) is 0 Å². The first kappa shape index (κ1) is 11.1. The lowest BCUT2D eigenvalue weighted by Crippen LogP contribution is -2.53. The molecule has 1 atom stereocenters. The van der Waals surface area contributed by atoms with Crippen LogP contribution in [0.5, 0.6) is 0 Å². The van der Waals surface area contributed by atoms with E-state index in [1.165, 1.54) is 4.90 Å². The maximum atomic E-state index is 12.5. The van der Waals surface area contributed by atoms with Gasteiger partial charge < -0.3 is 10.2 Å². The zero-order valence-electron chi connectivity index (χ0n) is 8.27. The molecule has 0 radical (unpaired) electrons. The lowest BCUT2D eigenvalue weighted by atomic mass is 10.0. The van der Waals surface area contributed by atoms with E-state index in [9.17, 15) is 18.0 Å². The number of urea groups is 1. The van der Waals surface area contributed by atoms with Crippen LogP contribution in [-0.4, -0.2) is 35.2 Å². The third-order valence-corrected chi connectivity index (χ3v) is 2.38. The molecule has 14 heavy (non-hydrogen) atoms. The van der Waals surface area contributed by atoms with Gasteiger partial charge in [-0.15, -0.1) is 0 Å². The molecule has 1 aliphatic heterocycles. The number of alkyl halides is 3. The molecule has 1 saturated heterocycles. The molecule has 0 bridgehead atoms. The summed E-state index contributed by atoms with van der Waals surface area (Å²) in [5.41, 5.74) is -2.12. The van der Waals surface area contributed by atoms with Crippen LogP contribution < -0.4 is 5.32 Å². The zero-order chi connectivity index (χ0) is 11.1. The van der Waals surface area contributed by atoms with Crippen LogP contribution >= 0.6 is 0 Å². The number of hydrogen-bond acceptors (Lipinski definition) is 1. The van der Waals surface area contributed by atoms with E-state index in [0.29, 0.717) is 0 Å². The van der Waals surface area contributed by atoms with Crippen LogP contribution in [0.3, 0.4) is 0 Å². The minimum Gasteiger partial charge on any atom is -0.322 e. The molecule has 82 valence electrons. The Balaban J connectivity index is 2.86. The van der Waals surface area contributed by atoms with Crippen molar-refractivity contribution in [2.24, 2.45) is 0 Å². The standard InChI is InChI=1S/C8H13F3N2O/c1-5(2)13-4-7(3,8(9,10)11)12-6(13)14/h5H,4H2,1-3H3,(H,12,14)/t7-/m1/s1. The summed E-state index contributed by atoms with van der Waals surface area (Å²) in [6.45, 7) is 4.03. The number of nitrogens with zero attached hydrogens (tertiary/aromatic N) is 1. The number of halogens is 3. The van der Waals surface area contributed by atoms with Crippen LogP contribution in [0.4, 0.5) is 18.0 Å². The predicted octanol–water partition coefficient (Wildman–Crippen LogP) is 1.74. The molecule has 0 aliphatic carbocycles. The summed E-state index contributed by atoms with van der Waals surface area (Å²) >= 11 is 0. The van der Waals surface area contributed by atoms with Gasteiger partial charge in [-0.25, -0.2) is 4.79 Å². The number of nitrogens with one attached hydrogen (secondary N) is 1. The fourth-order valence-corrected chi connectivity index (χ4v) is 1.34. The maximum Gasteiger partial charge on any atom is 0.413 e. The minimum absolute atomic E-state index is 0.223. The zero-order valence-corrected chi connectivity index (χ0v) is 8.27. The van der Waals surface area contributed by atoms with E-state index >= 15 is 0 Å². The van der Waals surface area contributed by atoms with Crippen molar-refractivity contribution in [2.45, 2.75) is 38.5 Å². The van der Waals surface area contributed by atoms with Gasteiger partial charge in [0.05, 0.1) is 6.54 Å². The summed E-state index contributed by atoms with van der Waals surface area (Å²) in [5.74, 6) is 0. The second kappa shape index (κ2) is 3.03. The molecule has 1 heterocycles. The molecule has 1 fully saturated rings. The summed E-state index contributed by atoms with van der Waals surface area (Å²) < 4.78 is 37.5. The Hall–Kier alpha value is -0.940. The normalized spacial score (nSPS) is 28.5. The largest absolute Gasteiger partial charge is 0.413 e. The molecule has 2 amide bonds. The van der Waals surface area contributed by atoms with Gasteiger partial charge in [0.15, 0.2) is 5.54 Å². The maximum absolute atomic E-state index is 12.5. The highest BCUT2D eigenvalue weighted by Gasteiger charge is 2.57. The fourth-order valence-electron chi connectivity index (χ4n) is 1.34. The summed E-state index contributed by atoms with van der Waals surface area (Å²) in [7, 11) is 0. The van der Waals surface area contributed by atoms with Gasteiger partial charge in [0.25, 0.3) is 0 Å². The van der Waals surface area contributed by atoms with E-state index in [1.54, 1.807) is 13.8 Å². The van der Waals surface area contributed by atoms with Crippen molar-refractivity contribution < 1.29 is 18.0 Å². The molecule has 6 heteroatoms. The molecule has 3 nitrogen and oxygen atoms in total. The Bertz CT molecular complexity index is 251. The topological polar surface area (TPSA) is 32.3 Å². The minimum atomic E-state index is -4.41. The van der Waals surface area contributed by atoms with Gasteiger partial charge >= 0.3 is 12.2 Å². The van der Waals surface area contributed by atoms with Crippen LogP contribution in [0, 0.1) is 0 Å². The lowest BCUT2D eigenvalue weighted by Gasteiger charge is -2.27. The van der Waals surface area contributed by atoms with Crippen molar-refractivity contribution >= 4 is 6.03 Å². The Kier molecular flexibility index (Phi) is 2.41. The fraction of sp³-hybridized carbons (Fsp3) is 0.875. The van der Waals surface area contributed by atoms with Crippen molar-refractivity contribution in [3.05, 3.63) is 0 Å². The number of carbonyl (C=O) groups is 1. The van der Waals surface area contributed by atoms with E-state index in [1.807, 2.05) is 5.32 Å². The third kappa shape index (κ3) is 1.65. The number of amides is 2. The Morgan fingerprint density at radius 3 is 2.21 bits per heavy atom. The molecule has 0 aromatic rings. The number of carbonyl (C=O) groups excluding carboxylic acids is 1. The summed E-state index contributed by atoms with van der Waals surface area (Å²) in [4.78, 5) is 12.4. The van der Waals surface area contributed by atoms with Crippen molar-refractivity contribution in [1.29, 1.82) is 0 Å². The highest BCUT2D eigenvalue weighted by atomic mass is 19.4. The van der Waals surface area contributed by atoms with E-state index in [-0.39, 0.29) is 12.6 Å². The van der Waals surface area contributed by atoms with Gasteiger partial charge in [0.1, 0.15) is 0 Å². The van der Waals surface area contributed by atoms with Crippen molar-refractivity contribution in [3.63, 3.8) is 0 Å². The first-order valence-corrected chi connectivity index (χ1v) is 4.33. The Morgan fingerprint density at radius 1 is 1.50 bits per heavy atom. The summed E-state index contributed by atoms with van der Waals surface area (Å²) in [6, 6.07) is -0.876. The average Bonchev–Trinajstić information content (AvgIpc) is 2.26. The van der Waals surface area contributed by atoms with E-state index < -0.39 is 17.7 Å². The second-order valence-corrected chi connectivity index (χ2v) is 3.98. The smallest absolute Gasteiger partial charge is 0.322 e. The lowest BCUT2D eigenvalue weighted by molar-refractivity contribution is -0.184. The molecular formula is C8H13F3N2O. The van der Waals surface area contributed by atoms with E-state index in [4.69, 9.17) is 0 Å². The van der Waals surface area contributed by atoms with Gasteiger partial charge in [0, 0.05) is 6.04 Å². The summed E-state index contributed by atoms with van der Waals surface area (Å²) in [6.07, 6.45) is -4.41. The molecule has 1 aliphatic rings. The molecule has 1 rings (SSSR count). The van der Waals surface area contributed by atoms with E-state index in [0.717, 1.165) is 6.92 Å². The highest BCUT2D eigenvalue weighted by Crippen LogP contribution is 2.34. The molecule has 0 saturated carbocycles. The molecule has 0 unspecified atom stereocenters. The summed E-state index contributed by atoms with van der Waals surface area (Å²) in [5, 5.41) is 1.96. The van der Waals surface area contributed by atoms with Gasteiger partial charge in [-0.2, -0.15) is 13.2 Å². The van der Waals surface area contributed by atoms with E-state index in [2.05, 4.69) is 0 Å². The van der Waals surface area contributed by atoms with Crippen molar-refractivity contribution in [3.8, 4) is 0 Å². The first-order chi connectivity index (χ1) is 6.17. The number of hydrogen-bond donors (Lipinski definition) is 1. The van der Waals surface area contributed by atoms with Gasteiger partial charge in [-0.05, 0) is 20.8 Å². The molecule has 0 aromatic heterocycles. The van der Waals surface area contributed by atoms with Crippen molar-refractivity contribution in [1.82, 2.24) is 10.2 Å². The average molecular weight is 210 g/mol. The highest BCUT2D eigenvalue weighted by molar-refractivity contribution is 5.78. The molecule has 1 N–H and O–H groups in total. The van der Waals surface area contributed by atoms with Gasteiger partial charge in [0.2, 0.25) is 0 Å². The molecule has 0 aromatic carbocycles. The van der Waals surface area contributed by atoms with Crippen LogP contribution in [0.1, 0.15) is 20.8 Å². The third-order valence-electron chi connectivity index (χ3n) is 2.38. The SMILES string of the molecule is CC(C)N1C[C@](C)(C(F)(F)F)NC1=O. The Labute approximate surface area is 80.3 Å². The van der Waals surface area contributed by atoms with Crippen LogP contribution in [0.25, 0.3) is 0 Å².